The first-order chi connectivity index (χ1) is 7.88. The van der Waals surface area contributed by atoms with Crippen molar-refractivity contribution in [2.45, 2.75) is 34.1 Å². The molecule has 0 spiro atoms. The van der Waals surface area contributed by atoms with Crippen molar-refractivity contribution in [2.75, 3.05) is 0 Å². The van der Waals surface area contributed by atoms with Crippen LogP contribution in [0.5, 0.6) is 0 Å². The molecule has 0 aliphatic rings. The molecule has 0 N–H and O–H groups in total. The lowest BCUT2D eigenvalue weighted by molar-refractivity contribution is 0.255. The molecule has 2 aromatic heterocycles. The fourth-order valence-corrected chi connectivity index (χ4v) is 1.66. The van der Waals surface area contributed by atoms with E-state index < -0.39 is 0 Å². The van der Waals surface area contributed by atoms with Gasteiger partial charge in [0.15, 0.2) is 11.5 Å². The molecule has 0 fully saturated rings. The molecule has 2 heterocycles. The van der Waals surface area contributed by atoms with Gasteiger partial charge in [-0.25, -0.2) is 0 Å². The Labute approximate surface area is 106 Å². The third-order valence-corrected chi connectivity index (χ3v) is 3.46. The molecule has 0 amide bonds. The van der Waals surface area contributed by atoms with E-state index in [2.05, 4.69) is 43.0 Å². The quantitative estimate of drug-likeness (QED) is 0.825. The van der Waals surface area contributed by atoms with E-state index in [-0.39, 0.29) is 5.41 Å². The molecule has 2 aromatic rings. The number of aromatic nitrogens is 4. The van der Waals surface area contributed by atoms with Gasteiger partial charge in [-0.05, 0) is 23.5 Å². The first-order valence-electron chi connectivity index (χ1n) is 5.75. The maximum absolute atomic E-state index is 5.89. The van der Waals surface area contributed by atoms with Crippen LogP contribution in [-0.2, 0) is 6.42 Å². The zero-order valence-corrected chi connectivity index (χ0v) is 11.4. The highest BCUT2D eigenvalue weighted by Gasteiger charge is 2.22. The van der Waals surface area contributed by atoms with Gasteiger partial charge in [0.25, 0.3) is 0 Å². The Kier molecular flexibility index (Phi) is 3.08. The number of fused-ring (bicyclic) bond motifs is 1. The van der Waals surface area contributed by atoms with E-state index in [1.807, 2.05) is 6.07 Å². The SMILES string of the molecule is CC(Cc1nnc2ccc(Cl)nn12)C(C)(C)C. The van der Waals surface area contributed by atoms with Gasteiger partial charge in [-0.2, -0.15) is 9.61 Å². The molecular formula is C12H17ClN4. The van der Waals surface area contributed by atoms with E-state index >= 15 is 0 Å². The van der Waals surface area contributed by atoms with E-state index in [0.29, 0.717) is 11.1 Å². The fourth-order valence-electron chi connectivity index (χ4n) is 1.52. The number of hydrogen-bond acceptors (Lipinski definition) is 3. The lowest BCUT2D eigenvalue weighted by Crippen LogP contribution is -2.20. The molecule has 2 rings (SSSR count). The molecule has 1 atom stereocenters. The van der Waals surface area contributed by atoms with Gasteiger partial charge in [-0.15, -0.1) is 10.2 Å². The van der Waals surface area contributed by atoms with Gasteiger partial charge in [0.2, 0.25) is 0 Å². The van der Waals surface area contributed by atoms with E-state index in [9.17, 15) is 0 Å². The predicted molar refractivity (Wildman–Crippen MR) is 68.1 cm³/mol. The maximum Gasteiger partial charge on any atom is 0.178 e. The van der Waals surface area contributed by atoms with Gasteiger partial charge in [0.1, 0.15) is 5.15 Å². The van der Waals surface area contributed by atoms with Gasteiger partial charge in [-0.1, -0.05) is 39.3 Å². The summed E-state index contributed by atoms with van der Waals surface area (Å²) < 4.78 is 1.73. The van der Waals surface area contributed by atoms with Crippen molar-refractivity contribution >= 4 is 17.2 Å². The molecule has 0 saturated carbocycles. The molecule has 0 saturated heterocycles. The van der Waals surface area contributed by atoms with E-state index in [0.717, 1.165) is 17.9 Å². The van der Waals surface area contributed by atoms with Gasteiger partial charge in [0, 0.05) is 6.42 Å². The third-order valence-electron chi connectivity index (χ3n) is 3.26. The molecule has 17 heavy (non-hydrogen) atoms. The van der Waals surface area contributed by atoms with Crippen LogP contribution in [0.2, 0.25) is 5.15 Å². The summed E-state index contributed by atoms with van der Waals surface area (Å²) in [6, 6.07) is 3.55. The Hall–Kier alpha value is -1.16. The summed E-state index contributed by atoms with van der Waals surface area (Å²) in [5.41, 5.74) is 0.982. The Morgan fingerprint density at radius 2 is 2.00 bits per heavy atom. The highest BCUT2D eigenvalue weighted by molar-refractivity contribution is 6.29. The lowest BCUT2D eigenvalue weighted by atomic mass is 9.80. The van der Waals surface area contributed by atoms with Crippen LogP contribution in [0.15, 0.2) is 12.1 Å². The van der Waals surface area contributed by atoms with Crippen LogP contribution < -0.4 is 0 Å². The summed E-state index contributed by atoms with van der Waals surface area (Å²) in [6.07, 6.45) is 0.845. The number of hydrogen-bond donors (Lipinski definition) is 0. The second kappa shape index (κ2) is 4.26. The predicted octanol–water partition coefficient (Wildman–Crippen LogP) is 3.00. The zero-order chi connectivity index (χ0) is 12.6. The van der Waals surface area contributed by atoms with Crippen molar-refractivity contribution in [3.05, 3.63) is 23.1 Å². The first kappa shape index (κ1) is 12.3. The smallest absolute Gasteiger partial charge is 0.178 e. The minimum Gasteiger partial charge on any atom is -0.196 e. The fraction of sp³-hybridized carbons (Fsp3) is 0.583. The monoisotopic (exact) mass is 252 g/mol. The van der Waals surface area contributed by atoms with Crippen molar-refractivity contribution in [3.63, 3.8) is 0 Å². The minimum atomic E-state index is 0.240. The summed E-state index contributed by atoms with van der Waals surface area (Å²) in [4.78, 5) is 0. The van der Waals surface area contributed by atoms with Gasteiger partial charge in [-0.3, -0.25) is 0 Å². The standard InChI is InChI=1S/C12H17ClN4/c1-8(12(2,3)4)7-11-15-14-10-6-5-9(13)16-17(10)11/h5-6,8H,7H2,1-4H3. The summed E-state index contributed by atoms with van der Waals surface area (Å²) in [5, 5.41) is 13.0. The maximum atomic E-state index is 5.89. The molecule has 0 aliphatic carbocycles. The number of rotatable bonds is 2. The summed E-state index contributed by atoms with van der Waals surface area (Å²) in [5.74, 6) is 1.36. The van der Waals surface area contributed by atoms with Crippen LogP contribution in [0.1, 0.15) is 33.5 Å². The second-order valence-corrected chi connectivity index (χ2v) is 5.90. The Morgan fingerprint density at radius 1 is 1.29 bits per heavy atom. The largest absolute Gasteiger partial charge is 0.196 e. The minimum absolute atomic E-state index is 0.240. The molecular weight excluding hydrogens is 236 g/mol. The summed E-state index contributed by atoms with van der Waals surface area (Å²) >= 11 is 5.89. The van der Waals surface area contributed by atoms with Crippen LogP contribution in [0, 0.1) is 11.3 Å². The van der Waals surface area contributed by atoms with E-state index in [1.165, 1.54) is 0 Å². The van der Waals surface area contributed by atoms with E-state index in [1.54, 1.807) is 10.6 Å². The average Bonchev–Trinajstić information content (AvgIpc) is 2.60. The zero-order valence-electron chi connectivity index (χ0n) is 10.6. The highest BCUT2D eigenvalue weighted by atomic mass is 35.5. The lowest BCUT2D eigenvalue weighted by Gasteiger charge is -2.26. The van der Waals surface area contributed by atoms with Crippen molar-refractivity contribution in [3.8, 4) is 0 Å². The molecule has 0 radical (unpaired) electrons. The molecule has 1 unspecified atom stereocenters. The summed E-state index contributed by atoms with van der Waals surface area (Å²) in [7, 11) is 0. The molecule has 0 aliphatic heterocycles. The summed E-state index contributed by atoms with van der Waals surface area (Å²) in [6.45, 7) is 8.88. The van der Waals surface area contributed by atoms with Crippen LogP contribution in [-0.4, -0.2) is 19.8 Å². The Bertz CT molecular complexity index is 527. The highest BCUT2D eigenvalue weighted by Crippen LogP contribution is 2.27. The first-order valence-corrected chi connectivity index (χ1v) is 6.12. The van der Waals surface area contributed by atoms with Crippen molar-refractivity contribution < 1.29 is 0 Å². The molecule has 5 heteroatoms. The normalized spacial score (nSPS) is 14.2. The Morgan fingerprint density at radius 3 is 2.65 bits per heavy atom. The third kappa shape index (κ3) is 2.57. The average molecular weight is 253 g/mol. The number of nitrogens with zero attached hydrogens (tertiary/aromatic N) is 4. The molecule has 0 bridgehead atoms. The van der Waals surface area contributed by atoms with Gasteiger partial charge in [0.05, 0.1) is 0 Å². The van der Waals surface area contributed by atoms with Crippen molar-refractivity contribution in [2.24, 2.45) is 11.3 Å². The number of halogens is 1. The van der Waals surface area contributed by atoms with Crippen LogP contribution in [0.25, 0.3) is 5.65 Å². The van der Waals surface area contributed by atoms with E-state index in [4.69, 9.17) is 11.6 Å². The van der Waals surface area contributed by atoms with Crippen molar-refractivity contribution in [1.29, 1.82) is 0 Å². The molecule has 0 aromatic carbocycles. The van der Waals surface area contributed by atoms with Crippen LogP contribution in [0.3, 0.4) is 0 Å². The Balaban J connectivity index is 2.33. The van der Waals surface area contributed by atoms with Crippen LogP contribution in [0.4, 0.5) is 0 Å². The van der Waals surface area contributed by atoms with Crippen LogP contribution >= 0.6 is 11.6 Å². The van der Waals surface area contributed by atoms with Crippen molar-refractivity contribution in [1.82, 2.24) is 19.8 Å². The second-order valence-electron chi connectivity index (χ2n) is 5.51. The molecule has 92 valence electrons. The topological polar surface area (TPSA) is 43.1 Å². The van der Waals surface area contributed by atoms with Gasteiger partial charge < -0.3 is 0 Å². The molecule has 4 nitrogen and oxygen atoms in total. The van der Waals surface area contributed by atoms with Gasteiger partial charge >= 0.3 is 0 Å².